The lowest BCUT2D eigenvalue weighted by Gasteiger charge is -2.27. The van der Waals surface area contributed by atoms with Gasteiger partial charge in [-0.2, -0.15) is 0 Å². The highest BCUT2D eigenvalue weighted by Crippen LogP contribution is 2.31. The molecule has 0 spiro atoms. The number of carbonyl (C=O) groups excluding carboxylic acids is 1. The van der Waals surface area contributed by atoms with Crippen LogP contribution in [0.25, 0.3) is 0 Å². The predicted molar refractivity (Wildman–Crippen MR) is 69.7 cm³/mol. The Kier molecular flexibility index (Phi) is 5.17. The summed E-state index contributed by atoms with van der Waals surface area (Å²) in [7, 11) is -3.00. The van der Waals surface area contributed by atoms with Crippen molar-refractivity contribution in [3.8, 4) is 0 Å². The van der Waals surface area contributed by atoms with E-state index in [1.54, 1.807) is 13.8 Å². The van der Waals surface area contributed by atoms with Crippen LogP contribution in [0.5, 0.6) is 0 Å². The van der Waals surface area contributed by atoms with Crippen molar-refractivity contribution in [3.05, 3.63) is 0 Å². The first kappa shape index (κ1) is 14.7. The van der Waals surface area contributed by atoms with Crippen LogP contribution in [-0.2, 0) is 14.6 Å². The molecule has 0 radical (unpaired) electrons. The minimum absolute atomic E-state index is 0.0118. The van der Waals surface area contributed by atoms with E-state index in [-0.39, 0.29) is 22.7 Å². The van der Waals surface area contributed by atoms with Crippen LogP contribution in [0.3, 0.4) is 0 Å². The first-order valence-corrected chi connectivity index (χ1v) is 8.32. The third kappa shape index (κ3) is 4.09. The Hall–Kier alpha value is -0.380. The van der Waals surface area contributed by atoms with Gasteiger partial charge in [0.2, 0.25) is 0 Å². The van der Waals surface area contributed by atoms with Crippen molar-refractivity contribution in [2.45, 2.75) is 58.1 Å². The largest absolute Gasteiger partial charge is 0.299 e. The second-order valence-corrected chi connectivity index (χ2v) is 8.09. The summed E-state index contributed by atoms with van der Waals surface area (Å²) in [5.74, 6) is 1.03. The number of Topliss-reactive ketones (excluding diaryl/α,β-unsaturated/α-hetero) is 1. The molecule has 0 aromatic carbocycles. The number of hydrogen-bond acceptors (Lipinski definition) is 3. The lowest BCUT2D eigenvalue weighted by molar-refractivity contribution is -0.125. The lowest BCUT2D eigenvalue weighted by Crippen LogP contribution is -2.28. The summed E-state index contributed by atoms with van der Waals surface area (Å²) in [5.41, 5.74) is 0. The third-order valence-corrected chi connectivity index (χ3v) is 6.16. The molecule has 0 saturated heterocycles. The number of hydrogen-bond donors (Lipinski definition) is 0. The van der Waals surface area contributed by atoms with E-state index < -0.39 is 9.84 Å². The van der Waals surface area contributed by atoms with Crippen LogP contribution < -0.4 is 0 Å². The maximum Gasteiger partial charge on any atom is 0.152 e. The summed E-state index contributed by atoms with van der Waals surface area (Å²) < 4.78 is 23.4. The molecule has 0 aliphatic heterocycles. The zero-order valence-electron chi connectivity index (χ0n) is 11.1. The molecule has 0 bridgehead atoms. The average Bonchev–Trinajstić information content (AvgIpc) is 2.28. The molecule has 17 heavy (non-hydrogen) atoms. The molecule has 1 fully saturated rings. The van der Waals surface area contributed by atoms with Crippen LogP contribution in [0.2, 0.25) is 0 Å². The van der Waals surface area contributed by atoms with E-state index in [0.717, 1.165) is 19.3 Å². The van der Waals surface area contributed by atoms with Gasteiger partial charge in [-0.25, -0.2) is 8.42 Å². The second-order valence-electron chi connectivity index (χ2n) is 5.42. The molecule has 2 atom stereocenters. The van der Waals surface area contributed by atoms with Crippen LogP contribution >= 0.6 is 0 Å². The molecule has 0 aromatic rings. The van der Waals surface area contributed by atoms with Gasteiger partial charge in [0.1, 0.15) is 5.78 Å². The van der Waals surface area contributed by atoms with Gasteiger partial charge in [0.15, 0.2) is 9.84 Å². The normalized spacial score (nSPS) is 26.5. The smallest absolute Gasteiger partial charge is 0.152 e. The molecular formula is C13H24O3S. The Morgan fingerprint density at radius 3 is 2.53 bits per heavy atom. The first-order valence-electron chi connectivity index (χ1n) is 6.61. The molecule has 1 aliphatic carbocycles. The standard InChI is InChI=1S/C13H24O3S/c1-4-11-5-6-13(14)12(9-11)7-8-17(15,16)10(2)3/h10-12H,4-9H2,1-3H3. The zero-order chi connectivity index (χ0) is 13.1. The van der Waals surface area contributed by atoms with E-state index in [9.17, 15) is 13.2 Å². The Morgan fingerprint density at radius 1 is 1.35 bits per heavy atom. The van der Waals surface area contributed by atoms with E-state index in [1.807, 2.05) is 0 Å². The molecule has 100 valence electrons. The highest BCUT2D eigenvalue weighted by Gasteiger charge is 2.29. The van der Waals surface area contributed by atoms with Crippen molar-refractivity contribution in [3.63, 3.8) is 0 Å². The molecule has 0 amide bonds. The van der Waals surface area contributed by atoms with Crippen LogP contribution in [-0.4, -0.2) is 25.2 Å². The van der Waals surface area contributed by atoms with Gasteiger partial charge in [-0.05, 0) is 39.0 Å². The number of sulfone groups is 1. The molecule has 1 rings (SSSR count). The van der Waals surface area contributed by atoms with Gasteiger partial charge in [-0.3, -0.25) is 4.79 Å². The van der Waals surface area contributed by atoms with Gasteiger partial charge >= 0.3 is 0 Å². The SMILES string of the molecule is CCC1CCC(=O)C(CCS(=O)(=O)C(C)C)C1. The van der Waals surface area contributed by atoms with Crippen molar-refractivity contribution in [2.24, 2.45) is 11.8 Å². The van der Waals surface area contributed by atoms with Gasteiger partial charge in [0, 0.05) is 12.3 Å². The fraction of sp³-hybridized carbons (Fsp3) is 0.923. The fourth-order valence-electron chi connectivity index (χ4n) is 2.39. The molecular weight excluding hydrogens is 236 g/mol. The van der Waals surface area contributed by atoms with Gasteiger partial charge in [-0.1, -0.05) is 13.3 Å². The third-order valence-electron chi connectivity index (χ3n) is 3.92. The molecule has 0 heterocycles. The molecule has 0 aromatic heterocycles. The molecule has 1 aliphatic rings. The molecule has 2 unspecified atom stereocenters. The summed E-state index contributed by atoms with van der Waals surface area (Å²) in [6.07, 6.45) is 4.15. The topological polar surface area (TPSA) is 51.2 Å². The highest BCUT2D eigenvalue weighted by atomic mass is 32.2. The summed E-state index contributed by atoms with van der Waals surface area (Å²) in [5, 5.41) is -0.330. The summed E-state index contributed by atoms with van der Waals surface area (Å²) in [6.45, 7) is 5.54. The average molecular weight is 260 g/mol. The summed E-state index contributed by atoms with van der Waals surface area (Å²) in [6, 6.07) is 0. The monoisotopic (exact) mass is 260 g/mol. The Morgan fingerprint density at radius 2 is 2.00 bits per heavy atom. The molecule has 4 heteroatoms. The van der Waals surface area contributed by atoms with Crippen LogP contribution in [0.4, 0.5) is 0 Å². The predicted octanol–water partition coefficient (Wildman–Crippen LogP) is 2.60. The molecule has 1 saturated carbocycles. The molecule has 3 nitrogen and oxygen atoms in total. The van der Waals surface area contributed by atoms with E-state index in [4.69, 9.17) is 0 Å². The maximum atomic E-state index is 11.7. The highest BCUT2D eigenvalue weighted by molar-refractivity contribution is 7.91. The van der Waals surface area contributed by atoms with Crippen LogP contribution in [0.15, 0.2) is 0 Å². The van der Waals surface area contributed by atoms with Crippen molar-refractivity contribution >= 4 is 15.6 Å². The van der Waals surface area contributed by atoms with Gasteiger partial charge in [0.05, 0.1) is 11.0 Å². The quantitative estimate of drug-likeness (QED) is 0.763. The second kappa shape index (κ2) is 5.98. The Labute approximate surface area is 105 Å². The number of carbonyl (C=O) groups is 1. The Balaban J connectivity index is 2.53. The van der Waals surface area contributed by atoms with E-state index in [2.05, 4.69) is 6.92 Å². The zero-order valence-corrected chi connectivity index (χ0v) is 11.9. The number of rotatable bonds is 5. The van der Waals surface area contributed by atoms with Gasteiger partial charge in [-0.15, -0.1) is 0 Å². The minimum atomic E-state index is -3.00. The van der Waals surface area contributed by atoms with Crippen molar-refractivity contribution in [1.82, 2.24) is 0 Å². The van der Waals surface area contributed by atoms with Crippen LogP contribution in [0, 0.1) is 11.8 Å². The van der Waals surface area contributed by atoms with E-state index in [1.165, 1.54) is 0 Å². The van der Waals surface area contributed by atoms with Crippen molar-refractivity contribution in [1.29, 1.82) is 0 Å². The first-order chi connectivity index (χ1) is 7.86. The fourth-order valence-corrected chi connectivity index (χ4v) is 3.48. The Bertz CT molecular complexity index is 357. The van der Waals surface area contributed by atoms with Gasteiger partial charge < -0.3 is 0 Å². The maximum absolute atomic E-state index is 11.7. The molecule has 0 N–H and O–H groups in total. The van der Waals surface area contributed by atoms with Crippen LogP contribution in [0.1, 0.15) is 52.9 Å². The summed E-state index contributed by atoms with van der Waals surface area (Å²) >= 11 is 0. The number of ketones is 1. The van der Waals surface area contributed by atoms with E-state index >= 15 is 0 Å². The lowest BCUT2D eigenvalue weighted by atomic mass is 9.78. The van der Waals surface area contributed by atoms with Crippen molar-refractivity contribution < 1.29 is 13.2 Å². The van der Waals surface area contributed by atoms with Crippen molar-refractivity contribution in [2.75, 3.05) is 5.75 Å². The van der Waals surface area contributed by atoms with Gasteiger partial charge in [0.25, 0.3) is 0 Å². The van der Waals surface area contributed by atoms with E-state index in [0.29, 0.717) is 18.8 Å². The summed E-state index contributed by atoms with van der Waals surface area (Å²) in [4.78, 5) is 11.7. The minimum Gasteiger partial charge on any atom is -0.299 e.